The predicted octanol–water partition coefficient (Wildman–Crippen LogP) is 4.05. The number of hydrogen-bond acceptors (Lipinski definition) is 7. The number of aromatic nitrogens is 3. The van der Waals surface area contributed by atoms with Crippen molar-refractivity contribution in [3.63, 3.8) is 0 Å². The largest absolute Gasteiger partial charge is 0.507 e. The second-order valence-electron chi connectivity index (χ2n) is 8.03. The van der Waals surface area contributed by atoms with E-state index in [4.69, 9.17) is 9.47 Å². The maximum atomic E-state index is 12.5. The van der Waals surface area contributed by atoms with E-state index in [1.165, 1.54) is 18.0 Å². The van der Waals surface area contributed by atoms with Crippen LogP contribution in [0.15, 0.2) is 89.6 Å². The van der Waals surface area contributed by atoms with Crippen LogP contribution in [0.3, 0.4) is 0 Å². The maximum absolute atomic E-state index is 12.5. The quantitative estimate of drug-likeness (QED) is 0.0887. The fourth-order valence-electron chi connectivity index (χ4n) is 3.76. The molecule has 10 heteroatoms. The van der Waals surface area contributed by atoms with E-state index >= 15 is 0 Å². The van der Waals surface area contributed by atoms with Crippen LogP contribution in [0.2, 0.25) is 0 Å². The number of para-hydroxylation sites is 2. The fraction of sp³-hybridized carbons (Fsp3) is 0.143. The third kappa shape index (κ3) is 6.04. The molecule has 1 amide bonds. The monoisotopic (exact) mass is 530 g/mol. The molecule has 0 aliphatic heterocycles. The Kier molecular flexibility index (Phi) is 8.78. The minimum absolute atomic E-state index is 0.0723. The molecular weight excluding hydrogens is 502 g/mol. The van der Waals surface area contributed by atoms with Gasteiger partial charge in [-0.3, -0.25) is 4.79 Å². The summed E-state index contributed by atoms with van der Waals surface area (Å²) in [5.41, 5.74) is 5.46. The van der Waals surface area contributed by atoms with Gasteiger partial charge in [-0.2, -0.15) is 9.67 Å². The Morgan fingerprint density at radius 2 is 1.92 bits per heavy atom. The molecular formula is C28H28N5O4S+. The molecule has 0 aliphatic carbocycles. The first-order valence-corrected chi connectivity index (χ1v) is 12.7. The number of carbonyl (C=O) groups is 1. The molecule has 9 nitrogen and oxygen atoms in total. The van der Waals surface area contributed by atoms with Crippen molar-refractivity contribution in [1.82, 2.24) is 15.6 Å². The number of aromatic amines is 1. The van der Waals surface area contributed by atoms with Crippen LogP contribution < -0.4 is 19.5 Å². The van der Waals surface area contributed by atoms with Crippen LogP contribution in [0.4, 0.5) is 0 Å². The van der Waals surface area contributed by atoms with Crippen LogP contribution >= 0.6 is 11.8 Å². The Labute approximate surface area is 224 Å². The molecule has 0 fully saturated rings. The molecule has 0 spiro atoms. The van der Waals surface area contributed by atoms with Gasteiger partial charge in [-0.25, -0.2) is 5.43 Å². The minimum atomic E-state index is -0.316. The number of rotatable bonds is 11. The van der Waals surface area contributed by atoms with Crippen LogP contribution in [0.25, 0.3) is 17.1 Å². The Morgan fingerprint density at radius 1 is 1.13 bits per heavy atom. The first-order valence-electron chi connectivity index (χ1n) is 11.7. The molecule has 1 aromatic heterocycles. The van der Waals surface area contributed by atoms with Gasteiger partial charge in [0.05, 0.1) is 36.8 Å². The summed E-state index contributed by atoms with van der Waals surface area (Å²) in [6, 6.07) is 20.7. The molecule has 4 aromatic rings. The third-order valence-corrected chi connectivity index (χ3v) is 6.52. The first-order chi connectivity index (χ1) is 18.5. The molecule has 194 valence electrons. The Hall–Kier alpha value is -4.57. The number of hydrogen-bond donors (Lipinski definition) is 3. The number of ether oxygens (including phenoxy) is 2. The molecule has 1 heterocycles. The lowest BCUT2D eigenvalue weighted by Gasteiger charge is -2.09. The second-order valence-corrected chi connectivity index (χ2v) is 8.97. The summed E-state index contributed by atoms with van der Waals surface area (Å²) in [5, 5.41) is 22.5. The molecule has 38 heavy (non-hydrogen) atoms. The lowest BCUT2D eigenvalue weighted by atomic mass is 10.1. The molecule has 0 bridgehead atoms. The van der Waals surface area contributed by atoms with Crippen molar-refractivity contribution < 1.29 is 23.9 Å². The standard InChI is InChI=1S/C28H27N5O4S/c1-4-9-19-10-8-11-21(26(19)35)17-29-30-25(34)18-38-28-32-31-27(33(28)22-12-6-5-7-13-22)20-14-15-23(36-2)24(16-20)37-3/h4-8,10-17H,1,9,18H2,2-3H3,(H2,29,30,34,35)/p+1. The number of methoxy groups -OCH3 is 2. The molecule has 0 unspecified atom stereocenters. The highest BCUT2D eigenvalue weighted by Gasteiger charge is 2.25. The normalized spacial score (nSPS) is 10.9. The SMILES string of the molecule is C=CCc1cccc(/C=N/NC(=O)CSc2n[nH]c(-c3ccc(OC)c(OC)c3)[n+]2-c2ccccc2)c1O. The lowest BCUT2D eigenvalue weighted by molar-refractivity contribution is -0.625. The number of nitrogens with zero attached hydrogens (tertiary/aromatic N) is 3. The van der Waals surface area contributed by atoms with Crippen molar-refractivity contribution in [2.45, 2.75) is 11.6 Å². The van der Waals surface area contributed by atoms with Gasteiger partial charge >= 0.3 is 5.16 Å². The summed E-state index contributed by atoms with van der Waals surface area (Å²) in [5.74, 6) is 1.79. The zero-order valence-electron chi connectivity index (χ0n) is 21.0. The summed E-state index contributed by atoms with van der Waals surface area (Å²) in [7, 11) is 3.17. The van der Waals surface area contributed by atoms with Gasteiger partial charge in [0.1, 0.15) is 11.4 Å². The molecule has 3 N–H and O–H groups in total. The van der Waals surface area contributed by atoms with E-state index < -0.39 is 0 Å². The van der Waals surface area contributed by atoms with Crippen molar-refractivity contribution in [3.05, 3.63) is 90.5 Å². The van der Waals surface area contributed by atoms with Crippen LogP contribution in [0.5, 0.6) is 17.2 Å². The van der Waals surface area contributed by atoms with Gasteiger partial charge < -0.3 is 14.6 Å². The number of benzene rings is 3. The van der Waals surface area contributed by atoms with Crippen LogP contribution in [-0.4, -0.2) is 47.4 Å². The van der Waals surface area contributed by atoms with Gasteiger partial charge in [-0.05, 0) is 60.1 Å². The summed E-state index contributed by atoms with van der Waals surface area (Å²) in [4.78, 5) is 12.5. The first kappa shape index (κ1) is 26.5. The van der Waals surface area contributed by atoms with Crippen LogP contribution in [0.1, 0.15) is 11.1 Å². The molecule has 0 atom stereocenters. The maximum Gasteiger partial charge on any atom is 0.342 e. The number of allylic oxidation sites excluding steroid dienone is 1. The molecule has 4 rings (SSSR count). The zero-order valence-corrected chi connectivity index (χ0v) is 21.9. The van der Waals surface area contributed by atoms with Gasteiger partial charge in [0.2, 0.25) is 0 Å². The lowest BCUT2D eigenvalue weighted by Crippen LogP contribution is -2.34. The van der Waals surface area contributed by atoms with Crippen molar-refractivity contribution >= 4 is 23.9 Å². The van der Waals surface area contributed by atoms with E-state index in [0.717, 1.165) is 16.8 Å². The molecule has 0 saturated heterocycles. The number of H-pyrrole nitrogens is 1. The smallest absolute Gasteiger partial charge is 0.342 e. The highest BCUT2D eigenvalue weighted by Crippen LogP contribution is 2.31. The van der Waals surface area contributed by atoms with E-state index in [1.54, 1.807) is 26.4 Å². The number of thioether (sulfide) groups is 1. The fourth-order valence-corrected chi connectivity index (χ4v) is 4.52. The molecule has 0 saturated carbocycles. The van der Waals surface area contributed by atoms with Gasteiger partial charge in [-0.1, -0.05) is 36.4 Å². The average molecular weight is 531 g/mol. The summed E-state index contributed by atoms with van der Waals surface area (Å²) < 4.78 is 12.8. The van der Waals surface area contributed by atoms with Gasteiger partial charge in [-0.15, -0.1) is 11.7 Å². The number of nitrogens with one attached hydrogen (secondary N) is 2. The number of phenols is 1. The van der Waals surface area contributed by atoms with Crippen molar-refractivity contribution in [3.8, 4) is 34.3 Å². The van der Waals surface area contributed by atoms with E-state index in [0.29, 0.717) is 34.5 Å². The van der Waals surface area contributed by atoms with Crippen LogP contribution in [-0.2, 0) is 11.2 Å². The number of phenolic OH excluding ortho intramolecular Hbond substituents is 1. The summed E-state index contributed by atoms with van der Waals surface area (Å²) in [6.07, 6.45) is 3.66. The van der Waals surface area contributed by atoms with Crippen molar-refractivity contribution in [2.75, 3.05) is 20.0 Å². The van der Waals surface area contributed by atoms with Crippen molar-refractivity contribution in [2.24, 2.45) is 5.10 Å². The number of carbonyl (C=O) groups excluding carboxylic acids is 1. The van der Waals surface area contributed by atoms with Gasteiger partial charge in [0.15, 0.2) is 11.5 Å². The third-order valence-electron chi connectivity index (χ3n) is 5.58. The summed E-state index contributed by atoms with van der Waals surface area (Å²) >= 11 is 1.26. The van der Waals surface area contributed by atoms with E-state index in [9.17, 15) is 9.90 Å². The zero-order chi connectivity index (χ0) is 26.9. The number of amides is 1. The van der Waals surface area contributed by atoms with E-state index in [2.05, 4.69) is 27.3 Å². The second kappa shape index (κ2) is 12.6. The highest BCUT2D eigenvalue weighted by molar-refractivity contribution is 7.99. The Balaban J connectivity index is 1.52. The highest BCUT2D eigenvalue weighted by atomic mass is 32.2. The van der Waals surface area contributed by atoms with Gasteiger partial charge in [0, 0.05) is 5.56 Å². The van der Waals surface area contributed by atoms with E-state index in [1.807, 2.05) is 65.2 Å². The minimum Gasteiger partial charge on any atom is -0.507 e. The summed E-state index contributed by atoms with van der Waals surface area (Å²) in [6.45, 7) is 3.69. The number of aromatic hydroxyl groups is 1. The van der Waals surface area contributed by atoms with E-state index in [-0.39, 0.29) is 17.4 Å². The molecule has 0 radical (unpaired) electrons. The van der Waals surface area contributed by atoms with Crippen molar-refractivity contribution in [1.29, 1.82) is 0 Å². The number of hydrazone groups is 1. The Morgan fingerprint density at radius 3 is 2.66 bits per heavy atom. The predicted molar refractivity (Wildman–Crippen MR) is 147 cm³/mol. The molecule has 0 aliphatic rings. The topological polar surface area (TPSA) is 113 Å². The van der Waals surface area contributed by atoms with Crippen LogP contribution in [0, 0.1) is 0 Å². The Bertz CT molecular complexity index is 1450. The average Bonchev–Trinajstić information content (AvgIpc) is 3.38. The van der Waals surface area contributed by atoms with Gasteiger partial charge in [0.25, 0.3) is 11.7 Å². The molecule has 3 aromatic carbocycles.